The van der Waals surface area contributed by atoms with Crippen LogP contribution in [0.4, 0.5) is 13.2 Å². The van der Waals surface area contributed by atoms with Gasteiger partial charge in [0.25, 0.3) is 0 Å². The Morgan fingerprint density at radius 2 is 1.68 bits per heavy atom. The SMILES string of the molecule is CC[C@@H]1C(C)=C(c2ccccc2)C(=C2CCCCC2)CN1S(=O)(=O)C(F)(F)F. The standard InChI is InChI=1S/C21H26F3NO2S/c1-3-19-15(2)20(17-12-8-5-9-13-17)18(16-10-6-4-7-11-16)14-25(19)28(26,27)21(22,23)24/h5,8-9,12-13,19H,3-4,6-7,10-11,14H2,1-2H3/t19-/m1/s1. The van der Waals surface area contributed by atoms with Crippen LogP contribution in [0.15, 0.2) is 47.1 Å². The molecule has 7 heteroatoms. The van der Waals surface area contributed by atoms with Gasteiger partial charge < -0.3 is 0 Å². The Bertz CT molecular complexity index is 878. The fourth-order valence-corrected chi connectivity index (χ4v) is 5.64. The van der Waals surface area contributed by atoms with E-state index in [0.717, 1.165) is 54.4 Å². The van der Waals surface area contributed by atoms with Crippen molar-refractivity contribution in [3.63, 3.8) is 0 Å². The minimum absolute atomic E-state index is 0.211. The first-order valence-corrected chi connectivity index (χ1v) is 11.2. The normalized spacial score (nSPS) is 22.7. The highest BCUT2D eigenvalue weighted by atomic mass is 32.2. The topological polar surface area (TPSA) is 37.4 Å². The molecule has 0 unspecified atom stereocenters. The Hall–Kier alpha value is -1.60. The zero-order valence-corrected chi connectivity index (χ0v) is 17.0. The maximum atomic E-state index is 13.4. The van der Waals surface area contributed by atoms with E-state index in [1.165, 1.54) is 0 Å². The van der Waals surface area contributed by atoms with Gasteiger partial charge in [-0.05, 0) is 61.3 Å². The Balaban J connectivity index is 2.23. The first kappa shape index (κ1) is 21.1. The summed E-state index contributed by atoms with van der Waals surface area (Å²) in [4.78, 5) is 0. The van der Waals surface area contributed by atoms with Gasteiger partial charge in [-0.15, -0.1) is 0 Å². The van der Waals surface area contributed by atoms with Crippen LogP contribution in [-0.2, 0) is 10.0 Å². The molecular formula is C21H26F3NO2S. The second kappa shape index (κ2) is 8.03. The van der Waals surface area contributed by atoms with E-state index in [4.69, 9.17) is 0 Å². The molecule has 0 amide bonds. The van der Waals surface area contributed by atoms with Crippen molar-refractivity contribution in [2.75, 3.05) is 6.54 Å². The number of nitrogens with zero attached hydrogens (tertiary/aromatic N) is 1. The number of halogens is 3. The lowest BCUT2D eigenvalue weighted by Crippen LogP contribution is -2.50. The summed E-state index contributed by atoms with van der Waals surface area (Å²) in [5, 5.41) is 0. The lowest BCUT2D eigenvalue weighted by atomic mass is 9.80. The number of sulfonamides is 1. The minimum Gasteiger partial charge on any atom is -0.203 e. The van der Waals surface area contributed by atoms with Gasteiger partial charge >= 0.3 is 15.5 Å². The van der Waals surface area contributed by atoms with E-state index in [2.05, 4.69) is 0 Å². The lowest BCUT2D eigenvalue weighted by molar-refractivity contribution is -0.0495. The van der Waals surface area contributed by atoms with Gasteiger partial charge in [0.05, 0.1) is 0 Å². The quantitative estimate of drug-likeness (QED) is 0.641. The molecule has 2 aliphatic rings. The zero-order valence-electron chi connectivity index (χ0n) is 16.2. The van der Waals surface area contributed by atoms with E-state index < -0.39 is 21.6 Å². The summed E-state index contributed by atoms with van der Waals surface area (Å²) in [6.45, 7) is 3.30. The van der Waals surface area contributed by atoms with Crippen molar-refractivity contribution >= 4 is 15.6 Å². The Morgan fingerprint density at radius 1 is 1.07 bits per heavy atom. The molecule has 3 nitrogen and oxygen atoms in total. The molecule has 1 aromatic rings. The summed E-state index contributed by atoms with van der Waals surface area (Å²) >= 11 is 0. The first-order valence-electron chi connectivity index (χ1n) is 9.74. The van der Waals surface area contributed by atoms with Crippen molar-refractivity contribution in [2.24, 2.45) is 0 Å². The Labute approximate surface area is 165 Å². The van der Waals surface area contributed by atoms with Crippen molar-refractivity contribution < 1.29 is 21.6 Å². The van der Waals surface area contributed by atoms with Crippen molar-refractivity contribution in [3.8, 4) is 0 Å². The van der Waals surface area contributed by atoms with E-state index >= 15 is 0 Å². The summed E-state index contributed by atoms with van der Waals surface area (Å²) in [7, 11) is -5.41. The van der Waals surface area contributed by atoms with Crippen molar-refractivity contribution in [1.29, 1.82) is 0 Å². The molecule has 1 atom stereocenters. The van der Waals surface area contributed by atoms with E-state index in [-0.39, 0.29) is 6.54 Å². The van der Waals surface area contributed by atoms with Crippen molar-refractivity contribution in [1.82, 2.24) is 4.31 Å². The molecule has 3 rings (SSSR count). The minimum atomic E-state index is -5.41. The summed E-state index contributed by atoms with van der Waals surface area (Å²) in [6, 6.07) is 8.80. The Morgan fingerprint density at radius 3 is 2.21 bits per heavy atom. The number of rotatable bonds is 3. The maximum Gasteiger partial charge on any atom is 0.511 e. The van der Waals surface area contributed by atoms with Gasteiger partial charge in [0.1, 0.15) is 0 Å². The molecule has 0 N–H and O–H groups in total. The third kappa shape index (κ3) is 3.79. The van der Waals surface area contributed by atoms with Gasteiger partial charge in [-0.2, -0.15) is 17.5 Å². The second-order valence-electron chi connectivity index (χ2n) is 7.49. The predicted molar refractivity (Wildman–Crippen MR) is 105 cm³/mol. The molecule has 1 aromatic carbocycles. The average molecular weight is 414 g/mol. The largest absolute Gasteiger partial charge is 0.511 e. The number of benzene rings is 1. The summed E-state index contributed by atoms with van der Waals surface area (Å²) < 4.78 is 65.5. The van der Waals surface area contributed by atoms with Crippen LogP contribution in [0.5, 0.6) is 0 Å². The number of hydrogen-bond donors (Lipinski definition) is 0. The van der Waals surface area contributed by atoms with Crippen LogP contribution in [0.1, 0.15) is 57.9 Å². The van der Waals surface area contributed by atoms with Crippen LogP contribution in [0.25, 0.3) is 5.57 Å². The van der Waals surface area contributed by atoms with Gasteiger partial charge in [-0.3, -0.25) is 0 Å². The van der Waals surface area contributed by atoms with Crippen LogP contribution in [0, 0.1) is 0 Å². The number of hydrogen-bond acceptors (Lipinski definition) is 2. The third-order valence-corrected chi connectivity index (χ3v) is 7.38. The molecule has 1 saturated carbocycles. The molecular weight excluding hydrogens is 387 g/mol. The molecule has 0 spiro atoms. The zero-order chi connectivity index (χ0) is 20.5. The van der Waals surface area contributed by atoms with Gasteiger partial charge in [0.2, 0.25) is 0 Å². The van der Waals surface area contributed by atoms with E-state index in [9.17, 15) is 21.6 Å². The number of alkyl halides is 3. The molecule has 1 heterocycles. The number of allylic oxidation sites excluding steroid dienone is 1. The molecule has 1 aliphatic heterocycles. The van der Waals surface area contributed by atoms with Crippen LogP contribution < -0.4 is 0 Å². The molecule has 0 aromatic heterocycles. The summed E-state index contributed by atoms with van der Waals surface area (Å²) in [5.41, 5.74) is -0.871. The van der Waals surface area contributed by atoms with Crippen molar-refractivity contribution in [3.05, 3.63) is 52.6 Å². The first-order chi connectivity index (χ1) is 13.2. The fraction of sp³-hybridized carbons (Fsp3) is 0.524. The van der Waals surface area contributed by atoms with Gasteiger partial charge in [0.15, 0.2) is 0 Å². The molecule has 0 bridgehead atoms. The van der Waals surface area contributed by atoms with Crippen molar-refractivity contribution in [2.45, 2.75) is 63.9 Å². The van der Waals surface area contributed by atoms with Crippen LogP contribution >= 0.6 is 0 Å². The molecule has 0 saturated heterocycles. The van der Waals surface area contributed by atoms with Crippen LogP contribution in [-0.4, -0.2) is 30.8 Å². The van der Waals surface area contributed by atoms with E-state index in [1.54, 1.807) is 13.8 Å². The lowest BCUT2D eigenvalue weighted by Gasteiger charge is -2.39. The monoisotopic (exact) mass is 413 g/mol. The van der Waals surface area contributed by atoms with Gasteiger partial charge in [-0.1, -0.05) is 49.2 Å². The molecule has 1 fully saturated rings. The second-order valence-corrected chi connectivity index (χ2v) is 9.37. The van der Waals surface area contributed by atoms with Crippen LogP contribution in [0.2, 0.25) is 0 Å². The summed E-state index contributed by atoms with van der Waals surface area (Å²) in [5.74, 6) is 0. The van der Waals surface area contributed by atoms with E-state index in [0.29, 0.717) is 16.3 Å². The molecule has 1 aliphatic carbocycles. The third-order valence-electron chi connectivity index (χ3n) is 5.79. The smallest absolute Gasteiger partial charge is 0.203 e. The molecule has 154 valence electrons. The van der Waals surface area contributed by atoms with E-state index in [1.807, 2.05) is 30.3 Å². The van der Waals surface area contributed by atoms with Crippen LogP contribution in [0.3, 0.4) is 0 Å². The predicted octanol–water partition coefficient (Wildman–Crippen LogP) is 5.66. The Kier molecular flexibility index (Phi) is 6.05. The van der Waals surface area contributed by atoms with Gasteiger partial charge in [0, 0.05) is 12.6 Å². The highest BCUT2D eigenvalue weighted by Crippen LogP contribution is 2.43. The average Bonchev–Trinajstić information content (AvgIpc) is 2.67. The maximum absolute atomic E-state index is 13.4. The fourth-order valence-electron chi connectivity index (χ4n) is 4.44. The molecule has 28 heavy (non-hydrogen) atoms. The highest BCUT2D eigenvalue weighted by Gasteiger charge is 2.53. The summed E-state index contributed by atoms with van der Waals surface area (Å²) in [6.07, 6.45) is 5.00. The molecule has 0 radical (unpaired) electrons. The highest BCUT2D eigenvalue weighted by molar-refractivity contribution is 7.90. The van der Waals surface area contributed by atoms with Gasteiger partial charge in [-0.25, -0.2) is 8.42 Å².